The van der Waals surface area contributed by atoms with Gasteiger partial charge >= 0.3 is 0 Å². The molecule has 2 heterocycles. The second-order valence-corrected chi connectivity index (χ2v) is 10.9. The molecule has 2 aliphatic heterocycles. The van der Waals surface area contributed by atoms with E-state index >= 15 is 0 Å². The van der Waals surface area contributed by atoms with Crippen molar-refractivity contribution in [2.45, 2.75) is 32.1 Å². The van der Waals surface area contributed by atoms with E-state index in [1.165, 1.54) is 12.8 Å². The molecule has 0 spiro atoms. The average Bonchev–Trinajstić information content (AvgIpc) is 3.24. The van der Waals surface area contributed by atoms with Crippen LogP contribution >= 0.6 is 0 Å². The van der Waals surface area contributed by atoms with Crippen LogP contribution in [0.3, 0.4) is 0 Å². The van der Waals surface area contributed by atoms with Crippen LogP contribution in [0.25, 0.3) is 10.8 Å². The van der Waals surface area contributed by atoms with Crippen molar-refractivity contribution in [2.75, 3.05) is 67.8 Å². The van der Waals surface area contributed by atoms with Crippen LogP contribution in [0.2, 0.25) is 0 Å². The monoisotopic (exact) mass is 562 g/mol. The normalized spacial score (nSPS) is 17.6. The van der Waals surface area contributed by atoms with Crippen molar-refractivity contribution in [1.29, 1.82) is 0 Å². The number of rotatable bonds is 11. The molecule has 0 N–H and O–H groups in total. The molecule has 1 atom stereocenters. The van der Waals surface area contributed by atoms with Gasteiger partial charge in [0.05, 0.1) is 35.0 Å². The van der Waals surface area contributed by atoms with Gasteiger partial charge in [0.15, 0.2) is 23.0 Å². The van der Waals surface area contributed by atoms with Crippen LogP contribution in [0.1, 0.15) is 41.6 Å². The second kappa shape index (κ2) is 13.3. The summed E-state index contributed by atoms with van der Waals surface area (Å²) in [7, 11) is 6.55. The lowest BCUT2D eigenvalue weighted by Gasteiger charge is -2.33. The van der Waals surface area contributed by atoms with E-state index in [9.17, 15) is 4.79 Å². The van der Waals surface area contributed by atoms with E-state index in [2.05, 4.69) is 4.90 Å². The van der Waals surface area contributed by atoms with Gasteiger partial charge in [-0.25, -0.2) is 0 Å². The van der Waals surface area contributed by atoms with E-state index in [4.69, 9.17) is 23.7 Å². The predicted octanol–water partition coefficient (Wildman–Crippen LogP) is 5.44. The molecule has 0 bridgehead atoms. The first-order valence-corrected chi connectivity index (χ1v) is 14.6. The standard InChI is InChI=1S/C33H42N2O6/c1-37-29-13-12-25-26(32(29)40-4)10-7-11-28(25)41-18-8-16-34-15-6-5-9-23(21-34)22-35-17-14-24-19-30(38-2)31(39-3)20-27(24)33(35)36/h7,10-13,19-20,23H,5-6,8-9,14-18,21-22H2,1-4H3. The van der Waals surface area contributed by atoms with Gasteiger partial charge in [0.25, 0.3) is 5.91 Å². The predicted molar refractivity (Wildman–Crippen MR) is 160 cm³/mol. The van der Waals surface area contributed by atoms with E-state index in [0.29, 0.717) is 29.8 Å². The number of carbonyl (C=O) groups excluding carboxylic acids is 1. The van der Waals surface area contributed by atoms with E-state index in [-0.39, 0.29) is 5.91 Å². The van der Waals surface area contributed by atoms with E-state index in [0.717, 1.165) is 85.4 Å². The molecular formula is C33H42N2O6. The van der Waals surface area contributed by atoms with Crippen LogP contribution in [-0.4, -0.2) is 83.5 Å². The number of likely N-dealkylation sites (tertiary alicyclic amines) is 1. The fourth-order valence-corrected chi connectivity index (χ4v) is 6.26. The molecule has 41 heavy (non-hydrogen) atoms. The number of amides is 1. The molecule has 3 aromatic carbocycles. The van der Waals surface area contributed by atoms with Gasteiger partial charge in [-0.1, -0.05) is 18.6 Å². The van der Waals surface area contributed by atoms with Crippen molar-refractivity contribution in [1.82, 2.24) is 9.80 Å². The van der Waals surface area contributed by atoms with Crippen molar-refractivity contribution in [3.05, 3.63) is 53.6 Å². The number of nitrogens with zero attached hydrogens (tertiary/aromatic N) is 2. The van der Waals surface area contributed by atoms with Crippen molar-refractivity contribution >= 4 is 16.7 Å². The van der Waals surface area contributed by atoms with Crippen LogP contribution in [0.15, 0.2) is 42.5 Å². The minimum Gasteiger partial charge on any atom is -0.493 e. The third-order valence-corrected chi connectivity index (χ3v) is 8.35. The molecule has 1 saturated heterocycles. The number of hydrogen-bond donors (Lipinski definition) is 0. The van der Waals surface area contributed by atoms with Gasteiger partial charge in [0, 0.05) is 42.5 Å². The van der Waals surface area contributed by atoms with Crippen LogP contribution in [0.5, 0.6) is 28.7 Å². The highest BCUT2D eigenvalue weighted by molar-refractivity contribution is 5.97. The highest BCUT2D eigenvalue weighted by atomic mass is 16.5. The van der Waals surface area contributed by atoms with Gasteiger partial charge in [-0.3, -0.25) is 4.79 Å². The van der Waals surface area contributed by atoms with E-state index < -0.39 is 0 Å². The maximum Gasteiger partial charge on any atom is 0.254 e. The summed E-state index contributed by atoms with van der Waals surface area (Å²) >= 11 is 0. The first-order chi connectivity index (χ1) is 20.1. The van der Waals surface area contributed by atoms with Crippen LogP contribution < -0.4 is 23.7 Å². The molecule has 0 radical (unpaired) electrons. The number of benzene rings is 3. The summed E-state index contributed by atoms with van der Waals surface area (Å²) in [5.74, 6) is 4.13. The molecule has 220 valence electrons. The summed E-state index contributed by atoms with van der Waals surface area (Å²) in [6, 6.07) is 13.8. The topological polar surface area (TPSA) is 69.7 Å². The molecule has 1 amide bonds. The average molecular weight is 563 g/mol. The van der Waals surface area contributed by atoms with E-state index in [1.807, 2.05) is 47.4 Å². The summed E-state index contributed by atoms with van der Waals surface area (Å²) in [6.07, 6.45) is 5.31. The summed E-state index contributed by atoms with van der Waals surface area (Å²) in [5.41, 5.74) is 1.77. The Kier molecular flexibility index (Phi) is 9.39. The number of carbonyl (C=O) groups is 1. The largest absolute Gasteiger partial charge is 0.493 e. The van der Waals surface area contributed by atoms with E-state index in [1.54, 1.807) is 28.4 Å². The van der Waals surface area contributed by atoms with Crippen molar-refractivity contribution in [3.63, 3.8) is 0 Å². The molecule has 8 heteroatoms. The Balaban J connectivity index is 1.16. The van der Waals surface area contributed by atoms with Gasteiger partial charge < -0.3 is 33.5 Å². The Labute approximate surface area is 243 Å². The minimum absolute atomic E-state index is 0.0979. The highest BCUT2D eigenvalue weighted by Gasteiger charge is 2.29. The smallest absolute Gasteiger partial charge is 0.254 e. The molecule has 5 rings (SSSR count). The Morgan fingerprint density at radius 3 is 2.41 bits per heavy atom. The molecule has 1 fully saturated rings. The molecular weight excluding hydrogens is 520 g/mol. The Morgan fingerprint density at radius 2 is 1.63 bits per heavy atom. The second-order valence-electron chi connectivity index (χ2n) is 10.9. The van der Waals surface area contributed by atoms with Crippen molar-refractivity contribution < 1.29 is 28.5 Å². The molecule has 0 saturated carbocycles. The van der Waals surface area contributed by atoms with Crippen molar-refractivity contribution in [2.24, 2.45) is 5.92 Å². The zero-order chi connectivity index (χ0) is 28.8. The van der Waals surface area contributed by atoms with Crippen molar-refractivity contribution in [3.8, 4) is 28.7 Å². The Hall–Kier alpha value is -3.65. The highest BCUT2D eigenvalue weighted by Crippen LogP contribution is 2.39. The first kappa shape index (κ1) is 28.9. The van der Waals surface area contributed by atoms with Gasteiger partial charge in [-0.15, -0.1) is 0 Å². The number of fused-ring (bicyclic) bond motifs is 2. The number of methoxy groups -OCH3 is 4. The Morgan fingerprint density at radius 1 is 0.829 bits per heavy atom. The summed E-state index contributed by atoms with van der Waals surface area (Å²) in [5, 5.41) is 2.00. The maximum absolute atomic E-state index is 13.4. The SMILES string of the molecule is COc1cc2c(cc1OC)C(=O)N(CC1CCCCN(CCCOc3cccc4c(OC)c(OC)ccc34)C1)CC2. The van der Waals surface area contributed by atoms with Gasteiger partial charge in [0.1, 0.15) is 5.75 Å². The fourth-order valence-electron chi connectivity index (χ4n) is 6.26. The first-order valence-electron chi connectivity index (χ1n) is 14.6. The summed E-state index contributed by atoms with van der Waals surface area (Å²) in [4.78, 5) is 18.0. The minimum atomic E-state index is 0.0979. The third kappa shape index (κ3) is 6.32. The lowest BCUT2D eigenvalue weighted by atomic mass is 9.95. The lowest BCUT2D eigenvalue weighted by molar-refractivity contribution is 0.0694. The quantitative estimate of drug-likeness (QED) is 0.288. The number of hydrogen-bond acceptors (Lipinski definition) is 7. The third-order valence-electron chi connectivity index (χ3n) is 8.35. The fraction of sp³-hybridized carbons (Fsp3) is 0.485. The molecule has 1 unspecified atom stereocenters. The molecule has 0 aliphatic carbocycles. The number of ether oxygens (including phenoxy) is 5. The molecule has 8 nitrogen and oxygen atoms in total. The van der Waals surface area contributed by atoms with Crippen LogP contribution in [0.4, 0.5) is 0 Å². The molecule has 3 aromatic rings. The zero-order valence-electron chi connectivity index (χ0n) is 24.7. The summed E-state index contributed by atoms with van der Waals surface area (Å²) < 4.78 is 28.2. The zero-order valence-corrected chi connectivity index (χ0v) is 24.7. The molecule has 0 aromatic heterocycles. The van der Waals surface area contributed by atoms with Crippen LogP contribution in [0, 0.1) is 5.92 Å². The Bertz CT molecular complexity index is 1360. The van der Waals surface area contributed by atoms with Gasteiger partial charge in [-0.05, 0) is 74.0 Å². The van der Waals surface area contributed by atoms with Gasteiger partial charge in [0.2, 0.25) is 0 Å². The van der Waals surface area contributed by atoms with Crippen LogP contribution in [-0.2, 0) is 6.42 Å². The molecule has 2 aliphatic rings. The summed E-state index contributed by atoms with van der Waals surface area (Å²) in [6.45, 7) is 5.26. The lowest BCUT2D eigenvalue weighted by Crippen LogP contribution is -2.43. The maximum atomic E-state index is 13.4. The van der Waals surface area contributed by atoms with Gasteiger partial charge in [-0.2, -0.15) is 0 Å².